The summed E-state index contributed by atoms with van der Waals surface area (Å²) in [7, 11) is 0. The van der Waals surface area contributed by atoms with Gasteiger partial charge < -0.3 is 0 Å². The van der Waals surface area contributed by atoms with Gasteiger partial charge in [-0.1, -0.05) is 32.9 Å². The molecule has 2 rings (SSSR count). The molecule has 1 aromatic carbocycles. The third kappa shape index (κ3) is 3.21. The van der Waals surface area contributed by atoms with Crippen LogP contribution in [0.15, 0.2) is 29.0 Å². The number of hydrogen-bond acceptors (Lipinski definition) is 2. The Labute approximate surface area is 123 Å². The first kappa shape index (κ1) is 14.2. The Kier molecular flexibility index (Phi) is 3.77. The second kappa shape index (κ2) is 5.04. The van der Waals surface area contributed by atoms with E-state index in [4.69, 9.17) is 0 Å². The largest absolute Gasteiger partial charge is 0.227 e. The van der Waals surface area contributed by atoms with Crippen LogP contribution in [-0.2, 0) is 5.41 Å². The fourth-order valence-electron chi connectivity index (χ4n) is 2.03. The molecule has 0 aliphatic heterocycles. The van der Waals surface area contributed by atoms with E-state index in [1.54, 1.807) is 0 Å². The fraction of sp³-hybridized carbons (Fsp3) is 0.375. The van der Waals surface area contributed by atoms with Crippen molar-refractivity contribution in [3.05, 3.63) is 45.8 Å². The van der Waals surface area contributed by atoms with Crippen molar-refractivity contribution in [1.29, 1.82) is 0 Å². The van der Waals surface area contributed by atoms with Crippen LogP contribution in [0.2, 0.25) is 0 Å². The number of rotatable bonds is 1. The van der Waals surface area contributed by atoms with Crippen LogP contribution in [0, 0.1) is 13.8 Å². The van der Waals surface area contributed by atoms with E-state index in [1.165, 1.54) is 16.7 Å². The molecule has 0 amide bonds. The summed E-state index contributed by atoms with van der Waals surface area (Å²) < 4.78 is 0.642. The number of aromatic nitrogens is 2. The SMILES string of the molecule is Cc1cc(-c2cc(C(C)(C)C)ccc2C)nc(Br)n1. The minimum absolute atomic E-state index is 0.141. The van der Waals surface area contributed by atoms with E-state index in [0.717, 1.165) is 11.4 Å². The van der Waals surface area contributed by atoms with Crippen molar-refractivity contribution in [2.45, 2.75) is 40.0 Å². The van der Waals surface area contributed by atoms with Crippen LogP contribution >= 0.6 is 15.9 Å². The molecule has 0 spiro atoms. The lowest BCUT2D eigenvalue weighted by molar-refractivity contribution is 0.590. The Hall–Kier alpha value is -1.22. The lowest BCUT2D eigenvalue weighted by Crippen LogP contribution is -2.11. The third-order valence-electron chi connectivity index (χ3n) is 3.21. The summed E-state index contributed by atoms with van der Waals surface area (Å²) in [6.07, 6.45) is 0. The molecule has 0 radical (unpaired) electrons. The molecule has 0 saturated heterocycles. The molecule has 1 aromatic heterocycles. The first-order chi connectivity index (χ1) is 8.77. The van der Waals surface area contributed by atoms with E-state index in [2.05, 4.69) is 71.8 Å². The fourth-order valence-corrected chi connectivity index (χ4v) is 2.51. The van der Waals surface area contributed by atoms with Crippen LogP contribution < -0.4 is 0 Å². The maximum atomic E-state index is 4.49. The zero-order valence-corrected chi connectivity index (χ0v) is 13.7. The third-order valence-corrected chi connectivity index (χ3v) is 3.56. The average Bonchev–Trinajstić information content (AvgIpc) is 2.26. The van der Waals surface area contributed by atoms with Crippen molar-refractivity contribution in [2.75, 3.05) is 0 Å². The quantitative estimate of drug-likeness (QED) is 0.704. The predicted molar refractivity (Wildman–Crippen MR) is 83.3 cm³/mol. The first-order valence-electron chi connectivity index (χ1n) is 6.40. The Morgan fingerprint density at radius 2 is 1.68 bits per heavy atom. The lowest BCUT2D eigenvalue weighted by atomic mass is 9.85. The molecule has 100 valence electrons. The molecule has 0 bridgehead atoms. The van der Waals surface area contributed by atoms with Gasteiger partial charge >= 0.3 is 0 Å². The second-order valence-electron chi connectivity index (χ2n) is 5.94. The second-order valence-corrected chi connectivity index (χ2v) is 6.65. The summed E-state index contributed by atoms with van der Waals surface area (Å²) in [6, 6.07) is 8.63. The number of aryl methyl sites for hydroxylation is 2. The Balaban J connectivity index is 2.61. The normalized spacial score (nSPS) is 11.7. The first-order valence-corrected chi connectivity index (χ1v) is 7.19. The van der Waals surface area contributed by atoms with Gasteiger partial charge in [-0.3, -0.25) is 0 Å². The van der Waals surface area contributed by atoms with Crippen LogP contribution in [-0.4, -0.2) is 9.97 Å². The summed E-state index contributed by atoms with van der Waals surface area (Å²) in [4.78, 5) is 8.76. The van der Waals surface area contributed by atoms with Gasteiger partial charge in [0.1, 0.15) is 0 Å². The van der Waals surface area contributed by atoms with Gasteiger partial charge in [0.25, 0.3) is 0 Å². The summed E-state index contributed by atoms with van der Waals surface area (Å²) in [5.74, 6) is 0. The minimum Gasteiger partial charge on any atom is -0.227 e. The molecule has 2 aromatic rings. The van der Waals surface area contributed by atoms with Crippen molar-refractivity contribution in [3.63, 3.8) is 0 Å². The van der Waals surface area contributed by atoms with Gasteiger partial charge in [0.05, 0.1) is 5.69 Å². The van der Waals surface area contributed by atoms with E-state index in [0.29, 0.717) is 4.73 Å². The molecule has 3 heteroatoms. The highest BCUT2D eigenvalue weighted by Crippen LogP contribution is 2.29. The van der Waals surface area contributed by atoms with Gasteiger partial charge in [0.2, 0.25) is 0 Å². The van der Waals surface area contributed by atoms with Gasteiger partial charge in [-0.05, 0) is 58.5 Å². The maximum Gasteiger partial charge on any atom is 0.197 e. The molecular weight excluding hydrogens is 300 g/mol. The van der Waals surface area contributed by atoms with E-state index >= 15 is 0 Å². The molecule has 0 aliphatic rings. The van der Waals surface area contributed by atoms with Crippen molar-refractivity contribution in [3.8, 4) is 11.3 Å². The molecule has 0 N–H and O–H groups in total. The van der Waals surface area contributed by atoms with Crippen LogP contribution in [0.5, 0.6) is 0 Å². The highest BCUT2D eigenvalue weighted by molar-refractivity contribution is 9.10. The molecular formula is C16H19BrN2. The Morgan fingerprint density at radius 1 is 1.00 bits per heavy atom. The molecule has 0 atom stereocenters. The van der Waals surface area contributed by atoms with E-state index in [9.17, 15) is 0 Å². The molecule has 0 aliphatic carbocycles. The molecule has 0 fully saturated rings. The zero-order valence-electron chi connectivity index (χ0n) is 12.1. The summed E-state index contributed by atoms with van der Waals surface area (Å²) in [5, 5.41) is 0. The van der Waals surface area contributed by atoms with Crippen molar-refractivity contribution in [1.82, 2.24) is 9.97 Å². The highest BCUT2D eigenvalue weighted by atomic mass is 79.9. The van der Waals surface area contributed by atoms with Gasteiger partial charge in [-0.2, -0.15) is 0 Å². The Morgan fingerprint density at radius 3 is 2.26 bits per heavy atom. The smallest absolute Gasteiger partial charge is 0.197 e. The van der Waals surface area contributed by atoms with Crippen molar-refractivity contribution >= 4 is 15.9 Å². The predicted octanol–water partition coefficient (Wildman–Crippen LogP) is 4.82. The van der Waals surface area contributed by atoms with Crippen LogP contribution in [0.25, 0.3) is 11.3 Å². The van der Waals surface area contributed by atoms with Gasteiger partial charge in [-0.25, -0.2) is 9.97 Å². The number of halogens is 1. The van der Waals surface area contributed by atoms with Gasteiger partial charge in [-0.15, -0.1) is 0 Å². The molecule has 0 saturated carbocycles. The minimum atomic E-state index is 0.141. The molecule has 2 nitrogen and oxygen atoms in total. The highest BCUT2D eigenvalue weighted by Gasteiger charge is 2.16. The summed E-state index contributed by atoms with van der Waals surface area (Å²) in [5.41, 5.74) is 5.82. The summed E-state index contributed by atoms with van der Waals surface area (Å²) in [6.45, 7) is 10.8. The number of benzene rings is 1. The maximum absolute atomic E-state index is 4.49. The van der Waals surface area contributed by atoms with E-state index < -0.39 is 0 Å². The van der Waals surface area contributed by atoms with Gasteiger partial charge in [0.15, 0.2) is 4.73 Å². The van der Waals surface area contributed by atoms with E-state index in [-0.39, 0.29) is 5.41 Å². The average molecular weight is 319 g/mol. The topological polar surface area (TPSA) is 25.8 Å². The lowest BCUT2D eigenvalue weighted by Gasteiger charge is -2.20. The monoisotopic (exact) mass is 318 g/mol. The standard InChI is InChI=1S/C16H19BrN2/c1-10-6-7-12(16(3,4)5)9-13(10)14-8-11(2)18-15(17)19-14/h6-9H,1-5H3. The van der Waals surface area contributed by atoms with Gasteiger partial charge in [0, 0.05) is 11.3 Å². The Bertz CT molecular complexity index is 592. The number of hydrogen-bond donors (Lipinski definition) is 0. The van der Waals surface area contributed by atoms with Crippen LogP contribution in [0.3, 0.4) is 0 Å². The molecule has 0 unspecified atom stereocenters. The van der Waals surface area contributed by atoms with Crippen LogP contribution in [0.4, 0.5) is 0 Å². The molecule has 19 heavy (non-hydrogen) atoms. The zero-order chi connectivity index (χ0) is 14.2. The van der Waals surface area contributed by atoms with Crippen LogP contribution in [0.1, 0.15) is 37.6 Å². The van der Waals surface area contributed by atoms with Crippen molar-refractivity contribution < 1.29 is 0 Å². The summed E-state index contributed by atoms with van der Waals surface area (Å²) >= 11 is 3.37. The molecule has 1 heterocycles. The van der Waals surface area contributed by atoms with E-state index in [1.807, 2.05) is 13.0 Å². The number of nitrogens with zero attached hydrogens (tertiary/aromatic N) is 2. The van der Waals surface area contributed by atoms with Crippen molar-refractivity contribution in [2.24, 2.45) is 0 Å².